The average molecular weight is 500 g/mol. The molecule has 2 aromatic heterocycles. The third kappa shape index (κ3) is 5.31. The van der Waals surface area contributed by atoms with Crippen LogP contribution in [0.1, 0.15) is 48.2 Å². The Bertz CT molecular complexity index is 1190. The minimum atomic E-state index is -4.57. The molecule has 1 aliphatic heterocycles. The van der Waals surface area contributed by atoms with Gasteiger partial charge in [0.2, 0.25) is 0 Å². The molecular weight excluding hydrogens is 475 g/mol. The second-order valence-corrected chi connectivity index (χ2v) is 10.0. The van der Waals surface area contributed by atoms with E-state index < -0.39 is 45.9 Å². The molecule has 9 nitrogen and oxygen atoms in total. The molecule has 1 saturated heterocycles. The summed E-state index contributed by atoms with van der Waals surface area (Å²) in [5.74, 6) is -0.325. The Labute approximate surface area is 194 Å². The van der Waals surface area contributed by atoms with E-state index in [4.69, 9.17) is 9.88 Å². The largest absolute Gasteiger partial charge is 0.416 e. The predicted molar refractivity (Wildman–Crippen MR) is 117 cm³/mol. The van der Waals surface area contributed by atoms with Crippen LogP contribution in [0.15, 0.2) is 35.5 Å². The van der Waals surface area contributed by atoms with Crippen molar-refractivity contribution in [3.8, 4) is 0 Å². The fourth-order valence-corrected chi connectivity index (χ4v) is 4.46. The number of pyridine rings is 2. The fraction of sp³-hybridized carbons (Fsp3) is 0.476. The lowest BCUT2D eigenvalue weighted by Crippen LogP contribution is -2.53. The number of morpholine rings is 1. The van der Waals surface area contributed by atoms with Gasteiger partial charge in [-0.15, -0.1) is 0 Å². The van der Waals surface area contributed by atoms with Gasteiger partial charge in [-0.2, -0.15) is 13.2 Å². The molecule has 2 aliphatic rings. The molecule has 184 valence electrons. The molecule has 34 heavy (non-hydrogen) atoms. The number of anilines is 2. The molecule has 0 aromatic carbocycles. The minimum absolute atomic E-state index is 0.0621. The zero-order valence-corrected chi connectivity index (χ0v) is 19.1. The summed E-state index contributed by atoms with van der Waals surface area (Å²) >= 11 is 0. The SMILES string of the molecule is C[C@H]1CN(c2nc(C3CCC3)ccc2C(=O)Nc2ccnc(S(N)(=O)=O)c2)C[C@H](C(F)(F)F)O1. The Hall–Kier alpha value is -2.77. The van der Waals surface area contributed by atoms with Crippen LogP contribution in [-0.2, 0) is 14.8 Å². The molecule has 2 aromatic rings. The van der Waals surface area contributed by atoms with Crippen LogP contribution >= 0.6 is 0 Å². The molecule has 1 amide bonds. The summed E-state index contributed by atoms with van der Waals surface area (Å²) in [5, 5.41) is 7.22. The molecule has 0 bridgehead atoms. The highest BCUT2D eigenvalue weighted by Crippen LogP contribution is 2.37. The number of sulfonamides is 1. The van der Waals surface area contributed by atoms with Gasteiger partial charge in [-0.25, -0.2) is 23.5 Å². The molecule has 1 aliphatic carbocycles. The summed E-state index contributed by atoms with van der Waals surface area (Å²) in [5.41, 5.74) is 0.898. The second kappa shape index (κ2) is 9.12. The monoisotopic (exact) mass is 499 g/mol. The van der Waals surface area contributed by atoms with Gasteiger partial charge in [0, 0.05) is 36.1 Å². The van der Waals surface area contributed by atoms with Crippen LogP contribution < -0.4 is 15.4 Å². The lowest BCUT2D eigenvalue weighted by Gasteiger charge is -2.39. The van der Waals surface area contributed by atoms with Crippen LogP contribution in [0.2, 0.25) is 0 Å². The van der Waals surface area contributed by atoms with Crippen LogP contribution in [0.5, 0.6) is 0 Å². The van der Waals surface area contributed by atoms with Crippen molar-refractivity contribution < 1.29 is 31.1 Å². The van der Waals surface area contributed by atoms with Crippen molar-refractivity contribution in [1.82, 2.24) is 9.97 Å². The molecule has 0 spiro atoms. The number of nitrogens with two attached hydrogens (primary N) is 1. The van der Waals surface area contributed by atoms with Crippen molar-refractivity contribution in [1.29, 1.82) is 0 Å². The number of halogens is 3. The first-order valence-electron chi connectivity index (χ1n) is 10.7. The second-order valence-electron chi connectivity index (χ2n) is 8.50. The quantitative estimate of drug-likeness (QED) is 0.648. The maximum atomic E-state index is 13.4. The number of hydrogen-bond donors (Lipinski definition) is 2. The Kier molecular flexibility index (Phi) is 6.53. The van der Waals surface area contributed by atoms with E-state index in [1.54, 1.807) is 6.07 Å². The number of hydrogen-bond acceptors (Lipinski definition) is 7. The third-order valence-electron chi connectivity index (χ3n) is 5.87. The van der Waals surface area contributed by atoms with Crippen molar-refractivity contribution >= 4 is 27.4 Å². The van der Waals surface area contributed by atoms with Crippen LogP contribution in [0.3, 0.4) is 0 Å². The number of amides is 1. The summed E-state index contributed by atoms with van der Waals surface area (Å²) in [7, 11) is -4.09. The normalized spacial score (nSPS) is 21.7. The molecule has 3 N–H and O–H groups in total. The van der Waals surface area contributed by atoms with E-state index in [0.717, 1.165) is 31.0 Å². The van der Waals surface area contributed by atoms with Crippen molar-refractivity contribution in [3.63, 3.8) is 0 Å². The Morgan fingerprint density at radius 1 is 1.24 bits per heavy atom. The number of nitrogens with one attached hydrogen (secondary N) is 1. The molecule has 0 unspecified atom stereocenters. The zero-order chi connectivity index (χ0) is 24.7. The van der Waals surface area contributed by atoms with Gasteiger partial charge in [-0.1, -0.05) is 6.42 Å². The van der Waals surface area contributed by atoms with Gasteiger partial charge in [0.05, 0.1) is 18.2 Å². The molecule has 3 heterocycles. The molecular formula is C21H24F3N5O4S. The first kappa shape index (κ1) is 24.4. The van der Waals surface area contributed by atoms with Crippen LogP contribution in [0, 0.1) is 0 Å². The molecule has 0 radical (unpaired) electrons. The van der Waals surface area contributed by atoms with Gasteiger partial charge in [-0.3, -0.25) is 4.79 Å². The number of carbonyl (C=O) groups is 1. The summed E-state index contributed by atoms with van der Waals surface area (Å²) in [6.45, 7) is 1.16. The standard InChI is InChI=1S/C21H24F3N5O4S/c1-12-10-29(11-17(33-12)21(22,23)24)19-15(5-6-16(28-19)13-3-2-4-13)20(30)27-14-7-8-26-18(9-14)34(25,31)32/h5-9,12-13,17H,2-4,10-11H2,1H3,(H2,25,31,32)(H,26,27,30)/t12-,17+/m0/s1. The van der Waals surface area contributed by atoms with Crippen molar-refractivity contribution in [2.24, 2.45) is 5.14 Å². The van der Waals surface area contributed by atoms with Gasteiger partial charge in [0.1, 0.15) is 5.82 Å². The van der Waals surface area contributed by atoms with E-state index in [9.17, 15) is 26.4 Å². The average Bonchev–Trinajstić information content (AvgIpc) is 2.71. The number of rotatable bonds is 5. The third-order valence-corrected chi connectivity index (χ3v) is 6.68. The maximum absolute atomic E-state index is 13.4. The van der Waals surface area contributed by atoms with Gasteiger partial charge in [-0.05, 0) is 38.0 Å². The molecule has 4 rings (SSSR count). The number of primary sulfonamides is 1. The summed E-state index contributed by atoms with van der Waals surface area (Å²) in [6.07, 6.45) is -3.25. The Morgan fingerprint density at radius 2 is 1.97 bits per heavy atom. The number of alkyl halides is 3. The van der Waals surface area contributed by atoms with Crippen LogP contribution in [-0.4, -0.2) is 55.8 Å². The lowest BCUT2D eigenvalue weighted by atomic mass is 9.82. The van der Waals surface area contributed by atoms with Crippen LogP contribution in [0.4, 0.5) is 24.7 Å². The highest BCUT2D eigenvalue weighted by Gasteiger charge is 2.45. The van der Waals surface area contributed by atoms with E-state index in [1.165, 1.54) is 30.2 Å². The lowest BCUT2D eigenvalue weighted by molar-refractivity contribution is -0.233. The molecule has 2 atom stereocenters. The number of ether oxygens (including phenoxy) is 1. The van der Waals surface area contributed by atoms with Crippen molar-refractivity contribution in [2.75, 3.05) is 23.3 Å². The van der Waals surface area contributed by atoms with E-state index in [2.05, 4.69) is 15.3 Å². The number of aromatic nitrogens is 2. The van der Waals surface area contributed by atoms with Gasteiger partial charge in [0.15, 0.2) is 11.1 Å². The van der Waals surface area contributed by atoms with E-state index >= 15 is 0 Å². The first-order chi connectivity index (χ1) is 15.9. The van der Waals surface area contributed by atoms with Crippen LogP contribution in [0.25, 0.3) is 0 Å². The predicted octanol–water partition coefficient (Wildman–Crippen LogP) is 2.80. The Balaban J connectivity index is 1.68. The zero-order valence-electron chi connectivity index (χ0n) is 18.2. The maximum Gasteiger partial charge on any atom is 0.416 e. The van der Waals surface area contributed by atoms with E-state index in [-0.39, 0.29) is 29.5 Å². The topological polar surface area (TPSA) is 128 Å². The summed E-state index contributed by atoms with van der Waals surface area (Å²) in [4.78, 5) is 22.8. The van der Waals surface area contributed by atoms with E-state index in [0.29, 0.717) is 0 Å². The fourth-order valence-electron chi connectivity index (χ4n) is 3.96. The highest BCUT2D eigenvalue weighted by atomic mass is 32.2. The summed E-state index contributed by atoms with van der Waals surface area (Å²) < 4.78 is 68.5. The van der Waals surface area contributed by atoms with Crippen molar-refractivity contribution in [2.45, 2.75) is 55.5 Å². The van der Waals surface area contributed by atoms with Gasteiger partial charge >= 0.3 is 6.18 Å². The van der Waals surface area contributed by atoms with Crippen molar-refractivity contribution in [3.05, 3.63) is 41.7 Å². The van der Waals surface area contributed by atoms with E-state index in [1.807, 2.05) is 0 Å². The smallest absolute Gasteiger partial charge is 0.362 e. The highest BCUT2D eigenvalue weighted by molar-refractivity contribution is 7.89. The van der Waals surface area contributed by atoms with Gasteiger partial charge < -0.3 is 15.0 Å². The molecule has 2 fully saturated rings. The molecule has 13 heteroatoms. The summed E-state index contributed by atoms with van der Waals surface area (Å²) in [6, 6.07) is 5.71. The Morgan fingerprint density at radius 3 is 2.59 bits per heavy atom. The minimum Gasteiger partial charge on any atom is -0.362 e. The number of carbonyl (C=O) groups excluding carboxylic acids is 1. The first-order valence-corrected chi connectivity index (χ1v) is 12.2. The molecule has 1 saturated carbocycles. The van der Waals surface area contributed by atoms with Gasteiger partial charge in [0.25, 0.3) is 15.9 Å². The number of nitrogens with zero attached hydrogens (tertiary/aromatic N) is 3.